The van der Waals surface area contributed by atoms with Gasteiger partial charge in [0.1, 0.15) is 0 Å². The maximum atomic E-state index is 12.0. The fourth-order valence-electron chi connectivity index (χ4n) is 2.56. The monoisotopic (exact) mass is 226 g/mol. The molecule has 4 heteroatoms. The van der Waals surface area contributed by atoms with Crippen molar-refractivity contribution in [1.82, 2.24) is 10.2 Å². The molecule has 0 saturated carbocycles. The van der Waals surface area contributed by atoms with Gasteiger partial charge in [0.15, 0.2) is 0 Å². The molecule has 16 heavy (non-hydrogen) atoms. The van der Waals surface area contributed by atoms with E-state index in [-0.39, 0.29) is 0 Å². The average Bonchev–Trinajstić information content (AvgIpc) is 2.83. The van der Waals surface area contributed by atoms with E-state index in [4.69, 9.17) is 4.74 Å². The van der Waals surface area contributed by atoms with E-state index in [1.807, 2.05) is 4.90 Å². The van der Waals surface area contributed by atoms with E-state index in [9.17, 15) is 4.79 Å². The number of rotatable bonds is 3. The molecule has 0 bridgehead atoms. The highest BCUT2D eigenvalue weighted by molar-refractivity contribution is 5.76. The molecule has 92 valence electrons. The van der Waals surface area contributed by atoms with Gasteiger partial charge in [-0.25, -0.2) is 0 Å². The molecule has 1 N–H and O–H groups in total. The number of amides is 1. The summed E-state index contributed by atoms with van der Waals surface area (Å²) in [5, 5.41) is 3.47. The summed E-state index contributed by atoms with van der Waals surface area (Å²) >= 11 is 0. The van der Waals surface area contributed by atoms with Crippen LogP contribution in [0.1, 0.15) is 26.2 Å². The van der Waals surface area contributed by atoms with Gasteiger partial charge in [-0.15, -0.1) is 0 Å². The van der Waals surface area contributed by atoms with Crippen molar-refractivity contribution in [2.45, 2.75) is 32.2 Å². The minimum absolute atomic E-state index is 0.296. The van der Waals surface area contributed by atoms with Crippen LogP contribution >= 0.6 is 0 Å². The molecular weight excluding hydrogens is 204 g/mol. The molecular formula is C12H22N2O2. The fraction of sp³-hybridized carbons (Fsp3) is 0.917. The van der Waals surface area contributed by atoms with Crippen LogP contribution in [0.5, 0.6) is 0 Å². The number of ether oxygens (including phenoxy) is 1. The third-order valence-electron chi connectivity index (χ3n) is 3.65. The Morgan fingerprint density at radius 2 is 2.25 bits per heavy atom. The maximum absolute atomic E-state index is 12.0. The highest BCUT2D eigenvalue weighted by atomic mass is 16.5. The van der Waals surface area contributed by atoms with Crippen LogP contribution in [0, 0.1) is 5.92 Å². The molecule has 0 radical (unpaired) electrons. The summed E-state index contributed by atoms with van der Waals surface area (Å²) in [5.41, 5.74) is 0. The van der Waals surface area contributed by atoms with E-state index >= 15 is 0 Å². The Balaban J connectivity index is 1.76. The van der Waals surface area contributed by atoms with Gasteiger partial charge in [0.25, 0.3) is 0 Å². The summed E-state index contributed by atoms with van der Waals surface area (Å²) in [4.78, 5) is 13.9. The lowest BCUT2D eigenvalue weighted by atomic mass is 9.96. The molecule has 2 fully saturated rings. The van der Waals surface area contributed by atoms with Gasteiger partial charge in [-0.2, -0.15) is 0 Å². The first-order chi connectivity index (χ1) is 7.77. The molecule has 2 unspecified atom stereocenters. The summed E-state index contributed by atoms with van der Waals surface area (Å²) in [6.07, 6.45) is 3.15. The first-order valence-electron chi connectivity index (χ1n) is 6.36. The number of nitrogens with one attached hydrogen (secondary N) is 1. The van der Waals surface area contributed by atoms with Gasteiger partial charge in [-0.1, -0.05) is 6.92 Å². The van der Waals surface area contributed by atoms with Crippen LogP contribution in [0.2, 0.25) is 0 Å². The second kappa shape index (κ2) is 5.64. The number of morpholine rings is 1. The van der Waals surface area contributed by atoms with Gasteiger partial charge in [0.2, 0.25) is 5.91 Å². The second-order valence-electron chi connectivity index (χ2n) is 4.88. The van der Waals surface area contributed by atoms with Crippen molar-refractivity contribution in [2.24, 2.45) is 5.92 Å². The Hall–Kier alpha value is -0.610. The lowest BCUT2D eigenvalue weighted by Gasteiger charge is -2.29. The summed E-state index contributed by atoms with van der Waals surface area (Å²) in [7, 11) is 0. The third-order valence-corrected chi connectivity index (χ3v) is 3.65. The molecule has 0 aromatic carbocycles. The van der Waals surface area contributed by atoms with Crippen molar-refractivity contribution in [3.63, 3.8) is 0 Å². The second-order valence-corrected chi connectivity index (χ2v) is 4.88. The molecule has 2 rings (SSSR count). The van der Waals surface area contributed by atoms with Crippen molar-refractivity contribution < 1.29 is 9.53 Å². The van der Waals surface area contributed by atoms with Crippen LogP contribution in [0.15, 0.2) is 0 Å². The summed E-state index contributed by atoms with van der Waals surface area (Å²) in [5.74, 6) is 0.752. The molecule has 0 aliphatic carbocycles. The van der Waals surface area contributed by atoms with Crippen molar-refractivity contribution in [3.8, 4) is 0 Å². The van der Waals surface area contributed by atoms with Crippen LogP contribution < -0.4 is 5.32 Å². The van der Waals surface area contributed by atoms with Crippen molar-refractivity contribution in [1.29, 1.82) is 0 Å². The molecule has 2 aliphatic heterocycles. The molecule has 0 spiro atoms. The van der Waals surface area contributed by atoms with Crippen molar-refractivity contribution >= 4 is 5.91 Å². The Kier molecular flexibility index (Phi) is 4.18. The number of nitrogens with zero attached hydrogens (tertiary/aromatic N) is 1. The molecule has 0 aromatic heterocycles. The minimum Gasteiger partial charge on any atom is -0.378 e. The SMILES string of the molecule is CC(CC(=O)N1CCOCC1)C1CCCN1. The van der Waals surface area contributed by atoms with E-state index < -0.39 is 0 Å². The van der Waals surface area contributed by atoms with Crippen molar-refractivity contribution in [3.05, 3.63) is 0 Å². The lowest BCUT2D eigenvalue weighted by molar-refractivity contribution is -0.136. The zero-order valence-corrected chi connectivity index (χ0v) is 10.1. The molecule has 1 amide bonds. The van der Waals surface area contributed by atoms with Gasteiger partial charge in [0, 0.05) is 25.6 Å². The standard InChI is InChI=1S/C12H22N2O2/c1-10(11-3-2-4-13-11)9-12(15)14-5-7-16-8-6-14/h10-11,13H,2-9H2,1H3. The van der Waals surface area contributed by atoms with Crippen LogP contribution in [0.3, 0.4) is 0 Å². The van der Waals surface area contributed by atoms with Crippen molar-refractivity contribution in [2.75, 3.05) is 32.8 Å². The number of carbonyl (C=O) groups excluding carboxylic acids is 1. The van der Waals surface area contributed by atoms with Crippen LogP contribution in [-0.4, -0.2) is 49.7 Å². The average molecular weight is 226 g/mol. The lowest BCUT2D eigenvalue weighted by Crippen LogP contribution is -2.42. The van der Waals surface area contributed by atoms with E-state index in [2.05, 4.69) is 12.2 Å². The zero-order valence-electron chi connectivity index (χ0n) is 10.1. The quantitative estimate of drug-likeness (QED) is 0.767. The van der Waals surface area contributed by atoms with Gasteiger partial charge in [-0.05, 0) is 25.3 Å². The molecule has 2 aliphatic rings. The first kappa shape index (κ1) is 11.9. The van der Waals surface area contributed by atoms with E-state index in [1.165, 1.54) is 12.8 Å². The number of hydrogen-bond donors (Lipinski definition) is 1. The molecule has 4 nitrogen and oxygen atoms in total. The Morgan fingerprint density at radius 1 is 1.50 bits per heavy atom. The minimum atomic E-state index is 0.296. The normalized spacial score (nSPS) is 28.1. The predicted octanol–water partition coefficient (Wildman–Crippen LogP) is 0.623. The molecule has 2 saturated heterocycles. The van der Waals surface area contributed by atoms with Crippen LogP contribution in [0.4, 0.5) is 0 Å². The summed E-state index contributed by atoms with van der Waals surface area (Å²) < 4.78 is 5.25. The maximum Gasteiger partial charge on any atom is 0.223 e. The molecule has 2 heterocycles. The smallest absolute Gasteiger partial charge is 0.223 e. The Morgan fingerprint density at radius 3 is 2.88 bits per heavy atom. The largest absolute Gasteiger partial charge is 0.378 e. The predicted molar refractivity (Wildman–Crippen MR) is 62.2 cm³/mol. The Labute approximate surface area is 97.3 Å². The van der Waals surface area contributed by atoms with Crippen LogP contribution in [0.25, 0.3) is 0 Å². The zero-order chi connectivity index (χ0) is 11.4. The molecule has 0 aromatic rings. The van der Waals surface area contributed by atoms with Gasteiger partial charge in [-0.3, -0.25) is 4.79 Å². The van der Waals surface area contributed by atoms with Crippen LogP contribution in [-0.2, 0) is 9.53 Å². The third kappa shape index (κ3) is 2.95. The summed E-state index contributed by atoms with van der Waals surface area (Å²) in [6, 6.07) is 0.546. The fourth-order valence-corrected chi connectivity index (χ4v) is 2.56. The van der Waals surface area contributed by atoms with Gasteiger partial charge >= 0.3 is 0 Å². The Bertz CT molecular complexity index is 233. The van der Waals surface area contributed by atoms with Gasteiger partial charge < -0.3 is 15.0 Å². The highest BCUT2D eigenvalue weighted by Gasteiger charge is 2.25. The highest BCUT2D eigenvalue weighted by Crippen LogP contribution is 2.18. The van der Waals surface area contributed by atoms with Gasteiger partial charge in [0.05, 0.1) is 13.2 Å². The number of hydrogen-bond acceptors (Lipinski definition) is 3. The van der Waals surface area contributed by atoms with E-state index in [0.29, 0.717) is 37.5 Å². The first-order valence-corrected chi connectivity index (χ1v) is 6.36. The van der Waals surface area contributed by atoms with E-state index in [1.54, 1.807) is 0 Å². The number of carbonyl (C=O) groups is 1. The summed E-state index contributed by atoms with van der Waals surface area (Å²) in [6.45, 7) is 6.22. The van der Waals surface area contributed by atoms with E-state index in [0.717, 1.165) is 19.6 Å². The topological polar surface area (TPSA) is 41.6 Å². The molecule has 2 atom stereocenters.